The van der Waals surface area contributed by atoms with E-state index in [-0.39, 0.29) is 12.8 Å². The molecule has 0 aromatic heterocycles. The molecule has 0 aliphatic carbocycles. The lowest BCUT2D eigenvalue weighted by atomic mass is 9.81. The third-order valence-corrected chi connectivity index (χ3v) is 2.55. The van der Waals surface area contributed by atoms with Gasteiger partial charge in [-0.15, -0.1) is 0 Å². The molecule has 80 valence electrons. The first-order chi connectivity index (χ1) is 6.63. The molecule has 1 heterocycles. The highest BCUT2D eigenvalue weighted by Crippen LogP contribution is 2.32. The molecule has 1 saturated heterocycles. The van der Waals surface area contributed by atoms with E-state index in [2.05, 4.69) is 4.74 Å². The van der Waals surface area contributed by atoms with E-state index in [4.69, 9.17) is 9.84 Å². The van der Waals surface area contributed by atoms with Crippen LogP contribution in [0.3, 0.4) is 0 Å². The zero-order valence-corrected chi connectivity index (χ0v) is 8.12. The second kappa shape index (κ2) is 4.41. The van der Waals surface area contributed by atoms with Gasteiger partial charge in [0.15, 0.2) is 5.41 Å². The topological polar surface area (TPSA) is 72.8 Å². The van der Waals surface area contributed by atoms with Gasteiger partial charge < -0.3 is 14.6 Å². The molecule has 1 fully saturated rings. The maximum absolute atomic E-state index is 11.4. The molecule has 1 N–H and O–H groups in total. The molecule has 0 spiro atoms. The molecule has 0 bridgehead atoms. The SMILES string of the molecule is COC(=O)C1(C(=O)O)CCCOCC1. The van der Waals surface area contributed by atoms with Gasteiger partial charge in [-0.25, -0.2) is 0 Å². The van der Waals surface area contributed by atoms with Crippen LogP contribution in [0.15, 0.2) is 0 Å². The van der Waals surface area contributed by atoms with E-state index in [0.717, 1.165) is 0 Å². The van der Waals surface area contributed by atoms with Crippen molar-refractivity contribution < 1.29 is 24.2 Å². The maximum Gasteiger partial charge on any atom is 0.323 e. The molecule has 0 aromatic carbocycles. The van der Waals surface area contributed by atoms with Gasteiger partial charge in [0.05, 0.1) is 7.11 Å². The van der Waals surface area contributed by atoms with Gasteiger partial charge in [-0.1, -0.05) is 0 Å². The number of carbonyl (C=O) groups is 2. The Hall–Kier alpha value is -1.10. The van der Waals surface area contributed by atoms with E-state index in [0.29, 0.717) is 19.6 Å². The van der Waals surface area contributed by atoms with Crippen LogP contribution in [0.25, 0.3) is 0 Å². The number of carbonyl (C=O) groups excluding carboxylic acids is 1. The molecule has 5 heteroatoms. The Bertz CT molecular complexity index is 227. The molecule has 1 atom stereocenters. The average Bonchev–Trinajstić information content (AvgIpc) is 2.42. The molecule has 0 aromatic rings. The first-order valence-electron chi connectivity index (χ1n) is 4.53. The highest BCUT2D eigenvalue weighted by Gasteiger charge is 2.47. The van der Waals surface area contributed by atoms with Crippen LogP contribution < -0.4 is 0 Å². The number of hydrogen-bond acceptors (Lipinski definition) is 4. The van der Waals surface area contributed by atoms with Crippen LogP contribution in [-0.4, -0.2) is 37.4 Å². The number of rotatable bonds is 2. The molecule has 0 amide bonds. The number of aliphatic carboxylic acids is 1. The molecule has 0 saturated carbocycles. The van der Waals surface area contributed by atoms with Crippen LogP contribution in [0.4, 0.5) is 0 Å². The van der Waals surface area contributed by atoms with Crippen molar-refractivity contribution >= 4 is 11.9 Å². The summed E-state index contributed by atoms with van der Waals surface area (Å²) in [5.41, 5.74) is -1.40. The van der Waals surface area contributed by atoms with E-state index in [1.165, 1.54) is 7.11 Å². The minimum absolute atomic E-state index is 0.189. The minimum atomic E-state index is -1.40. The molecule has 1 aliphatic rings. The zero-order chi connectivity index (χ0) is 10.6. The predicted molar refractivity (Wildman–Crippen MR) is 46.8 cm³/mol. The number of carboxylic acid groups (broad SMARTS) is 1. The molecule has 0 radical (unpaired) electrons. The maximum atomic E-state index is 11.4. The van der Waals surface area contributed by atoms with Crippen LogP contribution in [0.2, 0.25) is 0 Å². The molecule has 1 aliphatic heterocycles. The van der Waals surface area contributed by atoms with Crippen molar-refractivity contribution in [1.82, 2.24) is 0 Å². The van der Waals surface area contributed by atoms with Crippen LogP contribution in [0.5, 0.6) is 0 Å². The lowest BCUT2D eigenvalue weighted by molar-refractivity contribution is -0.168. The van der Waals surface area contributed by atoms with E-state index in [1.807, 2.05) is 0 Å². The molecular weight excluding hydrogens is 188 g/mol. The van der Waals surface area contributed by atoms with Crippen molar-refractivity contribution in [1.29, 1.82) is 0 Å². The highest BCUT2D eigenvalue weighted by atomic mass is 16.5. The first kappa shape index (κ1) is 11.0. The van der Waals surface area contributed by atoms with Gasteiger partial charge in [0.25, 0.3) is 0 Å². The average molecular weight is 202 g/mol. The van der Waals surface area contributed by atoms with Gasteiger partial charge in [0.1, 0.15) is 0 Å². The van der Waals surface area contributed by atoms with Gasteiger partial charge in [-0.2, -0.15) is 0 Å². The Balaban J connectivity index is 2.88. The Labute approximate surface area is 82.0 Å². The van der Waals surface area contributed by atoms with Gasteiger partial charge in [-0.3, -0.25) is 9.59 Å². The summed E-state index contributed by atoms with van der Waals surface area (Å²) in [7, 11) is 1.21. The van der Waals surface area contributed by atoms with Crippen LogP contribution in [0.1, 0.15) is 19.3 Å². The van der Waals surface area contributed by atoms with Gasteiger partial charge in [0.2, 0.25) is 0 Å². The largest absolute Gasteiger partial charge is 0.480 e. The zero-order valence-electron chi connectivity index (χ0n) is 8.12. The number of ether oxygens (including phenoxy) is 2. The highest BCUT2D eigenvalue weighted by molar-refractivity contribution is 5.99. The van der Waals surface area contributed by atoms with Crippen molar-refractivity contribution in [3.63, 3.8) is 0 Å². The summed E-state index contributed by atoms with van der Waals surface area (Å²) in [6, 6.07) is 0. The van der Waals surface area contributed by atoms with Crippen molar-refractivity contribution in [3.8, 4) is 0 Å². The summed E-state index contributed by atoms with van der Waals surface area (Å²) in [5.74, 6) is -1.79. The summed E-state index contributed by atoms with van der Waals surface area (Å²) in [6.45, 7) is 0.799. The quantitative estimate of drug-likeness (QED) is 0.519. The van der Waals surface area contributed by atoms with Crippen molar-refractivity contribution in [3.05, 3.63) is 0 Å². The number of methoxy groups -OCH3 is 1. The van der Waals surface area contributed by atoms with Crippen molar-refractivity contribution in [2.24, 2.45) is 5.41 Å². The van der Waals surface area contributed by atoms with Crippen molar-refractivity contribution in [2.45, 2.75) is 19.3 Å². The summed E-state index contributed by atoms with van der Waals surface area (Å²) in [4.78, 5) is 22.5. The van der Waals surface area contributed by atoms with E-state index in [1.54, 1.807) is 0 Å². The lowest BCUT2D eigenvalue weighted by Gasteiger charge is -2.23. The van der Waals surface area contributed by atoms with Crippen LogP contribution in [0, 0.1) is 5.41 Å². The molecule has 5 nitrogen and oxygen atoms in total. The Morgan fingerprint density at radius 1 is 1.36 bits per heavy atom. The number of carboxylic acids is 1. The summed E-state index contributed by atoms with van der Waals surface area (Å²) < 4.78 is 9.66. The fourth-order valence-corrected chi connectivity index (χ4v) is 1.65. The third kappa shape index (κ3) is 1.87. The smallest absolute Gasteiger partial charge is 0.323 e. The first-order valence-corrected chi connectivity index (χ1v) is 4.53. The monoisotopic (exact) mass is 202 g/mol. The van der Waals surface area contributed by atoms with Crippen LogP contribution in [-0.2, 0) is 19.1 Å². The fraction of sp³-hybridized carbons (Fsp3) is 0.778. The van der Waals surface area contributed by atoms with Gasteiger partial charge in [0, 0.05) is 13.2 Å². The molecule has 1 unspecified atom stereocenters. The second-order valence-corrected chi connectivity index (χ2v) is 3.34. The summed E-state index contributed by atoms with van der Waals surface area (Å²) in [5, 5.41) is 9.06. The van der Waals surface area contributed by atoms with E-state index >= 15 is 0 Å². The summed E-state index contributed by atoms with van der Waals surface area (Å²) in [6.07, 6.45) is 1.05. The predicted octanol–water partition coefficient (Wildman–Crippen LogP) is 0.431. The number of hydrogen-bond donors (Lipinski definition) is 1. The lowest BCUT2D eigenvalue weighted by Crippen LogP contribution is -2.40. The number of esters is 1. The molecular formula is C9H14O5. The van der Waals surface area contributed by atoms with Crippen molar-refractivity contribution in [2.75, 3.05) is 20.3 Å². The Morgan fingerprint density at radius 3 is 2.64 bits per heavy atom. The normalized spacial score (nSPS) is 27.8. The second-order valence-electron chi connectivity index (χ2n) is 3.34. The summed E-state index contributed by atoms with van der Waals surface area (Å²) >= 11 is 0. The third-order valence-electron chi connectivity index (χ3n) is 2.55. The van der Waals surface area contributed by atoms with Gasteiger partial charge in [-0.05, 0) is 19.3 Å². The minimum Gasteiger partial charge on any atom is -0.480 e. The Kier molecular flexibility index (Phi) is 3.46. The molecule has 14 heavy (non-hydrogen) atoms. The van der Waals surface area contributed by atoms with Crippen LogP contribution >= 0.6 is 0 Å². The Morgan fingerprint density at radius 2 is 2.07 bits per heavy atom. The van der Waals surface area contributed by atoms with E-state index in [9.17, 15) is 9.59 Å². The fourth-order valence-electron chi connectivity index (χ4n) is 1.65. The van der Waals surface area contributed by atoms with Gasteiger partial charge >= 0.3 is 11.9 Å². The molecule has 1 rings (SSSR count). The standard InChI is InChI=1S/C9H14O5/c1-13-8(12)9(7(10)11)3-2-5-14-6-4-9/h2-6H2,1H3,(H,10,11). The van der Waals surface area contributed by atoms with E-state index < -0.39 is 17.4 Å².